The summed E-state index contributed by atoms with van der Waals surface area (Å²) >= 11 is 0. The maximum atomic E-state index is 11.4. The molecular weight excluding hydrogens is 787 g/mol. The van der Waals surface area contributed by atoms with Crippen LogP contribution in [0.1, 0.15) is 38.5 Å². The Morgan fingerprint density at radius 3 is 0.933 bits per heavy atom. The fourth-order valence-electron chi connectivity index (χ4n) is 6.73. The summed E-state index contributed by atoms with van der Waals surface area (Å²) in [5.74, 6) is 20.8. The maximum Gasteiger partial charge on any atom is 0.234 e. The second kappa shape index (κ2) is 35.9. The number of likely N-dealkylation sites (tertiary alicyclic amines) is 2. The number of nitrogens with zero attached hydrogens (tertiary/aromatic N) is 6. The van der Waals surface area contributed by atoms with Gasteiger partial charge in [0.1, 0.15) is 0 Å². The summed E-state index contributed by atoms with van der Waals surface area (Å²) in [7, 11) is 8.43. The molecule has 0 atom stereocenters. The predicted octanol–water partition coefficient (Wildman–Crippen LogP) is -4.07. The fourth-order valence-corrected chi connectivity index (χ4v) is 6.73. The summed E-state index contributed by atoms with van der Waals surface area (Å²) < 4.78 is 0. The highest BCUT2D eigenvalue weighted by Crippen LogP contribution is 2.20. The molecule has 4 amide bonds. The van der Waals surface area contributed by atoms with Crippen molar-refractivity contribution in [3.8, 4) is 0 Å². The maximum absolute atomic E-state index is 11.4. The zero-order chi connectivity index (χ0) is 44.4. The van der Waals surface area contributed by atoms with Crippen LogP contribution in [0.3, 0.4) is 0 Å². The highest BCUT2D eigenvalue weighted by molar-refractivity contribution is 5.78. The summed E-state index contributed by atoms with van der Waals surface area (Å²) in [6.07, 6.45) is 5.76. The molecule has 0 spiro atoms. The number of hydrogen-bond acceptors (Lipinski definition) is 18. The second-order valence-corrected chi connectivity index (χ2v) is 15.9. The van der Waals surface area contributed by atoms with Gasteiger partial charge in [0.2, 0.25) is 23.6 Å². The van der Waals surface area contributed by atoms with Gasteiger partial charge in [-0.2, -0.15) is 0 Å². The van der Waals surface area contributed by atoms with Gasteiger partial charge in [-0.05, 0) is 91.9 Å². The lowest BCUT2D eigenvalue weighted by atomic mass is 10.0. The van der Waals surface area contributed by atoms with Crippen LogP contribution >= 0.6 is 0 Å². The van der Waals surface area contributed by atoms with Crippen LogP contribution in [0, 0.1) is 11.8 Å². The van der Waals surface area contributed by atoms with E-state index in [1.165, 1.54) is 0 Å². The lowest BCUT2D eigenvalue weighted by molar-refractivity contribution is -0.123. The summed E-state index contributed by atoms with van der Waals surface area (Å²) in [6, 6.07) is 0. The Balaban J connectivity index is 0.000000400. The number of likely N-dealkylation sites (N-methyl/N-ethyl adjacent to an activating group) is 2. The van der Waals surface area contributed by atoms with Gasteiger partial charge < -0.3 is 60.2 Å². The lowest BCUT2D eigenvalue weighted by Crippen LogP contribution is -2.48. The Morgan fingerprint density at radius 2 is 0.667 bits per heavy atom. The third-order valence-electron chi connectivity index (χ3n) is 10.7. The average molecular weight is 870 g/mol. The van der Waals surface area contributed by atoms with Crippen molar-refractivity contribution in [2.24, 2.45) is 35.4 Å². The number of nitrogens with one attached hydrogen (secondary N) is 4. The van der Waals surface area contributed by atoms with Crippen molar-refractivity contribution in [2.75, 3.05) is 172 Å². The van der Waals surface area contributed by atoms with Crippen LogP contribution in [0.2, 0.25) is 0 Å². The molecule has 60 heavy (non-hydrogen) atoms. The molecule has 4 heterocycles. The smallest absolute Gasteiger partial charge is 0.234 e. The first-order valence-electron chi connectivity index (χ1n) is 21.4. The van der Waals surface area contributed by atoms with Crippen molar-refractivity contribution >= 4 is 23.6 Å². The molecule has 4 aliphatic heterocycles. The minimum absolute atomic E-state index is 0.0385. The van der Waals surface area contributed by atoms with E-state index in [0.717, 1.165) is 104 Å². The summed E-state index contributed by atoms with van der Waals surface area (Å²) in [5, 5.41) is 11.1. The van der Waals surface area contributed by atoms with E-state index < -0.39 is 0 Å². The Hall–Kier alpha value is -2.68. The van der Waals surface area contributed by atoms with E-state index in [9.17, 15) is 19.2 Å². The van der Waals surface area contributed by atoms with E-state index in [2.05, 4.69) is 98.2 Å². The van der Waals surface area contributed by atoms with Crippen molar-refractivity contribution < 1.29 is 38.5 Å². The number of amides is 4. The Bertz CT molecular complexity index is 936. The zero-order valence-corrected chi connectivity index (χ0v) is 37.2. The largest absolute Gasteiger partial charge is 0.354 e. The number of rotatable bonds is 20. The minimum atomic E-state index is 0.0385. The number of carbonyl (C=O) groups is 4. The molecule has 0 unspecified atom stereocenters. The molecule has 0 aromatic rings. The molecule has 0 saturated carbocycles. The molecule has 0 aromatic carbocycles. The van der Waals surface area contributed by atoms with Crippen LogP contribution in [0.15, 0.2) is 0 Å². The highest BCUT2D eigenvalue weighted by Gasteiger charge is 2.21. The summed E-state index contributed by atoms with van der Waals surface area (Å²) in [6.45, 7) is 16.7. The van der Waals surface area contributed by atoms with Crippen molar-refractivity contribution in [2.45, 2.75) is 38.5 Å². The zero-order valence-electron chi connectivity index (χ0n) is 37.2. The molecule has 4 rings (SSSR count). The van der Waals surface area contributed by atoms with Gasteiger partial charge in [0, 0.05) is 91.4 Å². The summed E-state index contributed by atoms with van der Waals surface area (Å²) in [4.78, 5) is 76.6. The molecule has 12 N–H and O–H groups in total. The first-order chi connectivity index (χ1) is 28.9. The molecule has 4 aliphatic rings. The van der Waals surface area contributed by atoms with Gasteiger partial charge in [-0.25, -0.2) is 23.6 Å². The third-order valence-corrected chi connectivity index (χ3v) is 10.7. The number of hydrogen-bond donors (Lipinski definition) is 8. The lowest BCUT2D eigenvalue weighted by Gasteiger charge is -2.31. The van der Waals surface area contributed by atoms with E-state index in [4.69, 9.17) is 23.6 Å². The van der Waals surface area contributed by atoms with Crippen LogP contribution in [0.25, 0.3) is 0 Å². The van der Waals surface area contributed by atoms with Crippen LogP contribution in [-0.2, 0) is 38.5 Å². The minimum Gasteiger partial charge on any atom is -0.354 e. The Labute approximate surface area is 358 Å². The van der Waals surface area contributed by atoms with Crippen molar-refractivity contribution in [1.82, 2.24) is 50.7 Å². The van der Waals surface area contributed by atoms with Gasteiger partial charge in [-0.1, -0.05) is 0 Å². The van der Waals surface area contributed by atoms with E-state index in [1.54, 1.807) is 0 Å². The highest BCUT2D eigenvalue weighted by atomic mass is 16.6. The first kappa shape index (κ1) is 55.3. The van der Waals surface area contributed by atoms with Crippen molar-refractivity contribution in [3.63, 3.8) is 0 Å². The standard InChI is InChI=1S/2C10H21N3O2.2C9H20N4O2/c2*1-13-5-2-9(3-6-13)8-10(14)12-4-7-15-11;2*1-12-3-5-13(6-4-12)8-9(14)11-2-7-15-10/h2*9H,2-8,11H2,1H3,(H,12,14);2*2-8,10H2,1H3,(H,11,14)/i2*8+1;3+1,5+1,8+1,13+1;8+1. The van der Waals surface area contributed by atoms with Gasteiger partial charge in [0.15, 0.2) is 0 Å². The molecular formula is C38H82N14O8. The number of piperazine rings is 2. The van der Waals surface area contributed by atoms with Gasteiger partial charge in [-0.3, -0.25) is 29.0 Å². The molecule has 22 nitrogen and oxygen atoms in total. The molecule has 4 saturated heterocycles. The molecule has 0 radical (unpaired) electrons. The Kier molecular flexibility index (Phi) is 33.1. The third kappa shape index (κ3) is 30.4. The Morgan fingerprint density at radius 1 is 0.417 bits per heavy atom. The van der Waals surface area contributed by atoms with Gasteiger partial charge in [0.05, 0.1) is 39.5 Å². The predicted molar refractivity (Wildman–Crippen MR) is 230 cm³/mol. The van der Waals surface area contributed by atoms with E-state index >= 15 is 0 Å². The van der Waals surface area contributed by atoms with Crippen molar-refractivity contribution in [1.29, 1.82) is 0 Å². The molecule has 0 aromatic heterocycles. The fraction of sp³-hybridized carbons (Fsp3) is 0.895. The normalized spacial score (nSPS) is 19.1. The van der Waals surface area contributed by atoms with E-state index in [-0.39, 0.29) is 23.6 Å². The van der Waals surface area contributed by atoms with Crippen LogP contribution in [0.4, 0.5) is 0 Å². The van der Waals surface area contributed by atoms with Gasteiger partial charge in [0.25, 0.3) is 0 Å². The quantitative estimate of drug-likeness (QED) is 0.0250. The monoisotopic (exact) mass is 870 g/mol. The van der Waals surface area contributed by atoms with Gasteiger partial charge in [-0.15, -0.1) is 0 Å². The van der Waals surface area contributed by atoms with Crippen LogP contribution < -0.4 is 44.9 Å². The molecule has 22 heteroatoms. The van der Waals surface area contributed by atoms with E-state index in [1.807, 2.05) is 0 Å². The number of carbonyl (C=O) groups excluding carboxylic acids is 4. The molecule has 0 bridgehead atoms. The topological polar surface area (TPSA) is 277 Å². The van der Waals surface area contributed by atoms with Gasteiger partial charge >= 0.3 is 0 Å². The van der Waals surface area contributed by atoms with E-state index in [0.29, 0.717) is 90.4 Å². The average Bonchev–Trinajstić information content (AvgIpc) is 3.22. The first-order valence-corrected chi connectivity index (χ1v) is 21.4. The number of piperidine rings is 2. The molecule has 0 aliphatic carbocycles. The molecule has 4 fully saturated rings. The SMILES string of the molecule is CN1CCC([13CH2]C(=O)NCCON)CC1.CN1CCC([13CH2]C(=O)NCCON)CC1.CN1CCN([13CH2]C(=O)NCCON)CC1.CN1CC[15N]([13CH2]C(=O)NCCON)[13CH2][13CH2]1. The van der Waals surface area contributed by atoms with Crippen molar-refractivity contribution in [3.05, 3.63) is 0 Å². The summed E-state index contributed by atoms with van der Waals surface area (Å²) in [5.41, 5.74) is 0. The second-order valence-electron chi connectivity index (χ2n) is 15.9. The van der Waals surface area contributed by atoms with Crippen LogP contribution in [-0.4, -0.2) is 225 Å². The number of nitrogens with two attached hydrogens (primary N) is 4. The van der Waals surface area contributed by atoms with Crippen LogP contribution in [0.5, 0.6) is 0 Å². The molecule has 352 valence electrons.